The molecule has 1 aliphatic heterocycles. The Balaban J connectivity index is 2.26. The Hall–Kier alpha value is -1.75. The number of carbonyl (C=O) groups excluding carboxylic acids is 2. The van der Waals surface area contributed by atoms with E-state index in [9.17, 15) is 9.59 Å². The molecule has 2 N–H and O–H groups in total. The lowest BCUT2D eigenvalue weighted by molar-refractivity contribution is -0.115. The fraction of sp³-hybridized carbons (Fsp3) is 0.556. The zero-order valence-electron chi connectivity index (χ0n) is 14.6. The number of hydrogen-bond donors (Lipinski definition) is 2. The largest absolute Gasteiger partial charge is 0.371 e. The number of amides is 2. The molecule has 2 amide bonds. The van der Waals surface area contributed by atoms with E-state index in [2.05, 4.69) is 29.4 Å². The highest BCUT2D eigenvalue weighted by Gasteiger charge is 2.21. The molecule has 1 fully saturated rings. The highest BCUT2D eigenvalue weighted by atomic mass is 35.5. The number of benzene rings is 1. The third kappa shape index (κ3) is 4.87. The molecule has 0 aliphatic carbocycles. The summed E-state index contributed by atoms with van der Waals surface area (Å²) < 4.78 is 0. The number of anilines is 2. The van der Waals surface area contributed by atoms with Crippen molar-refractivity contribution in [2.75, 3.05) is 29.9 Å². The maximum absolute atomic E-state index is 12.6. The van der Waals surface area contributed by atoms with Crippen LogP contribution < -0.4 is 15.5 Å². The summed E-state index contributed by atoms with van der Waals surface area (Å²) in [6, 6.07) is 5.47. The summed E-state index contributed by atoms with van der Waals surface area (Å²) >= 11 is 5.80. The predicted molar refractivity (Wildman–Crippen MR) is 99.0 cm³/mol. The van der Waals surface area contributed by atoms with Gasteiger partial charge >= 0.3 is 0 Å². The van der Waals surface area contributed by atoms with Crippen LogP contribution in [-0.2, 0) is 4.79 Å². The van der Waals surface area contributed by atoms with Gasteiger partial charge in [0.15, 0.2) is 0 Å². The van der Waals surface area contributed by atoms with E-state index in [1.807, 2.05) is 12.1 Å². The summed E-state index contributed by atoms with van der Waals surface area (Å²) in [7, 11) is 0. The van der Waals surface area contributed by atoms with Gasteiger partial charge < -0.3 is 15.5 Å². The Morgan fingerprint density at radius 1 is 1.21 bits per heavy atom. The first-order chi connectivity index (χ1) is 11.4. The normalized spacial score (nSPS) is 15.5. The monoisotopic (exact) mass is 351 g/mol. The molecule has 0 radical (unpaired) electrons. The van der Waals surface area contributed by atoms with Gasteiger partial charge in [-0.15, -0.1) is 11.6 Å². The first-order valence-electron chi connectivity index (χ1n) is 8.50. The van der Waals surface area contributed by atoms with Crippen molar-refractivity contribution in [2.45, 2.75) is 39.0 Å². The number of halogens is 1. The average molecular weight is 352 g/mol. The molecule has 1 aromatic rings. The molecule has 132 valence electrons. The van der Waals surface area contributed by atoms with Gasteiger partial charge in [0, 0.05) is 31.0 Å². The van der Waals surface area contributed by atoms with Crippen molar-refractivity contribution in [3.05, 3.63) is 23.8 Å². The van der Waals surface area contributed by atoms with Gasteiger partial charge in [-0.25, -0.2) is 0 Å². The van der Waals surface area contributed by atoms with Gasteiger partial charge in [-0.1, -0.05) is 13.8 Å². The second-order valence-corrected chi connectivity index (χ2v) is 7.29. The molecule has 1 aromatic carbocycles. The number of alkyl halides is 1. The number of nitrogens with zero attached hydrogens (tertiary/aromatic N) is 1. The van der Waals surface area contributed by atoms with Crippen molar-refractivity contribution in [1.29, 1.82) is 0 Å². The molecule has 0 unspecified atom stereocenters. The van der Waals surface area contributed by atoms with E-state index in [1.165, 1.54) is 0 Å². The van der Waals surface area contributed by atoms with E-state index in [0.717, 1.165) is 31.6 Å². The fourth-order valence-corrected chi connectivity index (χ4v) is 2.72. The molecule has 1 atom stereocenters. The first kappa shape index (κ1) is 18.6. The highest BCUT2D eigenvalue weighted by Crippen LogP contribution is 2.27. The molecule has 5 nitrogen and oxygen atoms in total. The number of hydrogen-bond acceptors (Lipinski definition) is 3. The topological polar surface area (TPSA) is 61.4 Å². The Kier molecular flexibility index (Phi) is 6.49. The average Bonchev–Trinajstić information content (AvgIpc) is 3.06. The number of rotatable bonds is 6. The van der Waals surface area contributed by atoms with Gasteiger partial charge in [0.05, 0.1) is 5.56 Å². The number of nitrogens with one attached hydrogen (secondary N) is 2. The summed E-state index contributed by atoms with van der Waals surface area (Å²) in [5, 5.41) is 5.09. The number of carbonyl (C=O) groups is 2. The highest BCUT2D eigenvalue weighted by molar-refractivity contribution is 6.32. The quantitative estimate of drug-likeness (QED) is 0.773. The molecule has 2 rings (SSSR count). The Labute approximate surface area is 148 Å². The molecule has 24 heavy (non-hydrogen) atoms. The van der Waals surface area contributed by atoms with Gasteiger partial charge in [0.1, 0.15) is 5.38 Å². The molecule has 1 saturated heterocycles. The van der Waals surface area contributed by atoms with Gasteiger partial charge in [0.25, 0.3) is 5.91 Å². The van der Waals surface area contributed by atoms with Gasteiger partial charge in [-0.3, -0.25) is 9.59 Å². The summed E-state index contributed by atoms with van der Waals surface area (Å²) in [5.74, 6) is -0.0103. The van der Waals surface area contributed by atoms with Crippen molar-refractivity contribution >= 4 is 34.8 Å². The molecule has 0 aromatic heterocycles. The van der Waals surface area contributed by atoms with Crippen LogP contribution in [0.1, 0.15) is 44.0 Å². The molecule has 1 heterocycles. The smallest absolute Gasteiger partial charge is 0.253 e. The SMILES string of the molecule is CC(C)CNC(=O)c1cc(NC(=O)[C@@H](C)Cl)ccc1N1CCCC1. The van der Waals surface area contributed by atoms with Gasteiger partial charge in [-0.05, 0) is 43.9 Å². The van der Waals surface area contributed by atoms with Crippen LogP contribution in [0.3, 0.4) is 0 Å². The van der Waals surface area contributed by atoms with Crippen molar-refractivity contribution in [3.8, 4) is 0 Å². The Bertz CT molecular complexity index is 596. The van der Waals surface area contributed by atoms with Crippen molar-refractivity contribution in [3.63, 3.8) is 0 Å². The van der Waals surface area contributed by atoms with Crippen LogP contribution in [-0.4, -0.2) is 36.8 Å². The first-order valence-corrected chi connectivity index (χ1v) is 8.94. The molecule has 1 aliphatic rings. The lowest BCUT2D eigenvalue weighted by Gasteiger charge is -2.22. The second kappa shape index (κ2) is 8.38. The van der Waals surface area contributed by atoms with Gasteiger partial charge in [-0.2, -0.15) is 0 Å². The maximum Gasteiger partial charge on any atom is 0.253 e. The van der Waals surface area contributed by atoms with Crippen LogP contribution in [0.15, 0.2) is 18.2 Å². The molecule has 0 spiro atoms. The van der Waals surface area contributed by atoms with E-state index in [0.29, 0.717) is 23.7 Å². The fourth-order valence-electron chi connectivity index (χ4n) is 2.66. The minimum atomic E-state index is -0.624. The maximum atomic E-state index is 12.6. The molecular formula is C18H26ClN3O2. The summed E-state index contributed by atoms with van der Waals surface area (Å²) in [5.41, 5.74) is 2.10. The molecule has 0 saturated carbocycles. The van der Waals surface area contributed by atoms with Crippen molar-refractivity contribution < 1.29 is 9.59 Å². The van der Waals surface area contributed by atoms with Crippen LogP contribution in [0, 0.1) is 5.92 Å². The predicted octanol–water partition coefficient (Wildman–Crippen LogP) is 3.24. The van der Waals surface area contributed by atoms with E-state index in [4.69, 9.17) is 11.6 Å². The lowest BCUT2D eigenvalue weighted by atomic mass is 10.1. The minimum absolute atomic E-state index is 0.111. The van der Waals surface area contributed by atoms with Crippen LogP contribution in [0.25, 0.3) is 0 Å². The summed E-state index contributed by atoms with van der Waals surface area (Å²) in [4.78, 5) is 26.6. The lowest BCUT2D eigenvalue weighted by Crippen LogP contribution is -2.30. The van der Waals surface area contributed by atoms with E-state index < -0.39 is 5.38 Å². The molecule has 0 bridgehead atoms. The Morgan fingerprint density at radius 3 is 2.46 bits per heavy atom. The standard InChI is InChI=1S/C18H26ClN3O2/c1-12(2)11-20-18(24)15-10-14(21-17(23)13(3)19)6-7-16(15)22-8-4-5-9-22/h6-7,10,12-13H,4-5,8-9,11H2,1-3H3,(H,20,24)(H,21,23)/t13-/m1/s1. The second-order valence-electron chi connectivity index (χ2n) is 6.64. The third-order valence-corrected chi connectivity index (χ3v) is 4.19. The van der Waals surface area contributed by atoms with Crippen LogP contribution in [0.4, 0.5) is 11.4 Å². The van der Waals surface area contributed by atoms with Crippen molar-refractivity contribution in [2.24, 2.45) is 5.92 Å². The van der Waals surface area contributed by atoms with E-state index in [1.54, 1.807) is 13.0 Å². The summed E-state index contributed by atoms with van der Waals surface area (Å²) in [6.45, 7) is 8.25. The summed E-state index contributed by atoms with van der Waals surface area (Å²) in [6.07, 6.45) is 2.27. The third-order valence-electron chi connectivity index (χ3n) is 3.99. The van der Waals surface area contributed by atoms with Crippen molar-refractivity contribution in [1.82, 2.24) is 5.32 Å². The molecule has 6 heteroatoms. The Morgan fingerprint density at radius 2 is 1.88 bits per heavy atom. The van der Waals surface area contributed by atoms with Crippen LogP contribution >= 0.6 is 11.6 Å². The van der Waals surface area contributed by atoms with Gasteiger partial charge in [0.2, 0.25) is 5.91 Å². The molecular weight excluding hydrogens is 326 g/mol. The van der Waals surface area contributed by atoms with Crippen LogP contribution in [0.2, 0.25) is 0 Å². The van der Waals surface area contributed by atoms with E-state index >= 15 is 0 Å². The zero-order chi connectivity index (χ0) is 17.7. The van der Waals surface area contributed by atoms with E-state index in [-0.39, 0.29) is 11.8 Å². The van der Waals surface area contributed by atoms with Crippen LogP contribution in [0.5, 0.6) is 0 Å². The minimum Gasteiger partial charge on any atom is -0.371 e. The zero-order valence-corrected chi connectivity index (χ0v) is 15.3.